The molecule has 3 heterocycles. The van der Waals surface area contributed by atoms with Crippen LogP contribution >= 0.6 is 23.5 Å². The number of thioether (sulfide) groups is 2. The predicted molar refractivity (Wildman–Crippen MR) is 115 cm³/mol. The van der Waals surface area contributed by atoms with Crippen molar-refractivity contribution in [2.24, 2.45) is 0 Å². The summed E-state index contributed by atoms with van der Waals surface area (Å²) < 4.78 is 1.67. The lowest BCUT2D eigenvalue weighted by Gasteiger charge is -2.35. The second-order valence-corrected chi connectivity index (χ2v) is 9.23. The summed E-state index contributed by atoms with van der Waals surface area (Å²) in [6.07, 6.45) is 5.19. The van der Waals surface area contributed by atoms with E-state index >= 15 is 0 Å². The highest BCUT2D eigenvalue weighted by Crippen LogP contribution is 2.30. The molecule has 0 radical (unpaired) electrons. The van der Waals surface area contributed by atoms with Crippen LogP contribution in [-0.2, 0) is 11.2 Å². The number of benzene rings is 1. The van der Waals surface area contributed by atoms with Gasteiger partial charge in [-0.25, -0.2) is 4.98 Å². The van der Waals surface area contributed by atoms with Crippen LogP contribution in [0, 0.1) is 0 Å². The van der Waals surface area contributed by atoms with Crippen molar-refractivity contribution >= 4 is 29.4 Å². The molecule has 0 aliphatic carbocycles. The van der Waals surface area contributed by atoms with Crippen molar-refractivity contribution in [1.29, 1.82) is 0 Å². The quantitative estimate of drug-likeness (QED) is 0.550. The predicted octanol–water partition coefficient (Wildman–Crippen LogP) is 3.76. The highest BCUT2D eigenvalue weighted by atomic mass is 32.2. The zero-order valence-corrected chi connectivity index (χ0v) is 17.7. The Morgan fingerprint density at radius 2 is 2.11 bits per heavy atom. The van der Waals surface area contributed by atoms with Gasteiger partial charge >= 0.3 is 0 Å². The van der Waals surface area contributed by atoms with Crippen LogP contribution in [-0.4, -0.2) is 44.5 Å². The van der Waals surface area contributed by atoms with Crippen LogP contribution in [0.15, 0.2) is 45.2 Å². The molecule has 2 aliphatic rings. The van der Waals surface area contributed by atoms with Gasteiger partial charge in [0.25, 0.3) is 5.56 Å². The van der Waals surface area contributed by atoms with Gasteiger partial charge in [-0.2, -0.15) is 0 Å². The lowest BCUT2D eigenvalue weighted by molar-refractivity contribution is -0.132. The van der Waals surface area contributed by atoms with E-state index in [1.807, 2.05) is 35.2 Å². The fraction of sp³-hybridized carbons (Fsp3) is 0.476. The van der Waals surface area contributed by atoms with E-state index in [4.69, 9.17) is 4.98 Å². The zero-order valence-electron chi connectivity index (χ0n) is 16.1. The molecular formula is C21H25N3O2S2. The highest BCUT2D eigenvalue weighted by Gasteiger charge is 2.27. The third kappa shape index (κ3) is 3.87. The topological polar surface area (TPSA) is 55.2 Å². The zero-order chi connectivity index (χ0) is 19.5. The molecule has 1 amide bonds. The molecule has 0 saturated carbocycles. The molecule has 0 bridgehead atoms. The number of amides is 1. The number of rotatable bonds is 5. The number of nitrogens with zero attached hydrogens (tertiary/aromatic N) is 3. The van der Waals surface area contributed by atoms with E-state index in [-0.39, 0.29) is 11.5 Å². The fourth-order valence-electron chi connectivity index (χ4n) is 3.96. The minimum absolute atomic E-state index is 0.0157. The summed E-state index contributed by atoms with van der Waals surface area (Å²) in [5.41, 5.74) is 1.66. The first-order valence-electron chi connectivity index (χ1n) is 9.95. The molecule has 1 aromatic heterocycles. The highest BCUT2D eigenvalue weighted by molar-refractivity contribution is 8.00. The number of hydrogen-bond acceptors (Lipinski definition) is 5. The van der Waals surface area contributed by atoms with Gasteiger partial charge < -0.3 is 4.90 Å². The van der Waals surface area contributed by atoms with E-state index in [1.54, 1.807) is 16.3 Å². The van der Waals surface area contributed by atoms with Gasteiger partial charge in [-0.15, -0.1) is 11.8 Å². The van der Waals surface area contributed by atoms with Crippen molar-refractivity contribution in [3.63, 3.8) is 0 Å². The molecular weight excluding hydrogens is 390 g/mol. The van der Waals surface area contributed by atoms with Crippen molar-refractivity contribution in [3.05, 3.63) is 46.4 Å². The lowest BCUT2D eigenvalue weighted by Crippen LogP contribution is -2.44. The summed E-state index contributed by atoms with van der Waals surface area (Å²) in [5.74, 6) is 1.37. The van der Waals surface area contributed by atoms with Gasteiger partial charge in [0.15, 0.2) is 5.16 Å². The molecule has 2 aliphatic heterocycles. The Morgan fingerprint density at radius 1 is 1.29 bits per heavy atom. The standard InChI is InChI=1S/C21H25N3O2S2/c1-2-15-8-6-7-12-23(15)18(25)14-28-21-22-17-11-13-27-19(17)20(26)24(21)16-9-4-3-5-10-16/h3-5,9-10,15H,2,6-8,11-14H2,1H3/t15-/m0/s1. The van der Waals surface area contributed by atoms with Crippen LogP contribution in [0.1, 0.15) is 38.3 Å². The van der Waals surface area contributed by atoms with Crippen molar-refractivity contribution in [3.8, 4) is 5.69 Å². The first-order chi connectivity index (χ1) is 13.7. The molecule has 5 nitrogen and oxygen atoms in total. The average molecular weight is 416 g/mol. The Bertz CT molecular complexity index is 914. The number of para-hydroxylation sites is 1. The molecule has 1 atom stereocenters. The van der Waals surface area contributed by atoms with E-state index in [0.29, 0.717) is 17.0 Å². The van der Waals surface area contributed by atoms with E-state index in [9.17, 15) is 9.59 Å². The number of likely N-dealkylation sites (tertiary alicyclic amines) is 1. The summed E-state index contributed by atoms with van der Waals surface area (Å²) in [4.78, 5) is 33.6. The maximum Gasteiger partial charge on any atom is 0.272 e. The monoisotopic (exact) mass is 415 g/mol. The van der Waals surface area contributed by atoms with Crippen LogP contribution in [0.3, 0.4) is 0 Å². The Labute approximate surface area is 173 Å². The molecule has 4 rings (SSSR count). The van der Waals surface area contributed by atoms with Crippen LogP contribution in [0.2, 0.25) is 0 Å². The Kier molecular flexibility index (Phi) is 6.11. The largest absolute Gasteiger partial charge is 0.339 e. The third-order valence-corrected chi connectivity index (χ3v) is 7.45. The first kappa shape index (κ1) is 19.6. The van der Waals surface area contributed by atoms with Gasteiger partial charge in [0.1, 0.15) is 0 Å². The van der Waals surface area contributed by atoms with Gasteiger partial charge in [0.2, 0.25) is 5.91 Å². The minimum atomic E-state index is -0.0157. The molecule has 7 heteroatoms. The molecule has 2 aromatic rings. The molecule has 28 heavy (non-hydrogen) atoms. The summed E-state index contributed by atoms with van der Waals surface area (Å²) in [6, 6.07) is 9.95. The smallest absolute Gasteiger partial charge is 0.272 e. The summed E-state index contributed by atoms with van der Waals surface area (Å²) >= 11 is 2.97. The third-order valence-electron chi connectivity index (χ3n) is 5.42. The Balaban J connectivity index is 1.61. The second kappa shape index (κ2) is 8.74. The second-order valence-electron chi connectivity index (χ2n) is 7.18. The van der Waals surface area contributed by atoms with Gasteiger partial charge in [-0.3, -0.25) is 14.2 Å². The Hall–Kier alpha value is -1.73. The summed E-state index contributed by atoms with van der Waals surface area (Å²) in [7, 11) is 0. The summed E-state index contributed by atoms with van der Waals surface area (Å²) in [5, 5.41) is 0.621. The van der Waals surface area contributed by atoms with Crippen LogP contribution in [0.25, 0.3) is 5.69 Å². The van der Waals surface area contributed by atoms with Crippen molar-refractivity contribution in [1.82, 2.24) is 14.5 Å². The fourth-order valence-corrected chi connectivity index (χ4v) is 5.90. The number of aromatic nitrogens is 2. The number of carbonyl (C=O) groups excluding carboxylic acids is 1. The molecule has 0 unspecified atom stereocenters. The maximum absolute atomic E-state index is 13.1. The van der Waals surface area contributed by atoms with Crippen LogP contribution in [0.4, 0.5) is 0 Å². The first-order valence-corrected chi connectivity index (χ1v) is 11.9. The van der Waals surface area contributed by atoms with Gasteiger partial charge in [-0.1, -0.05) is 36.9 Å². The lowest BCUT2D eigenvalue weighted by atomic mass is 10.0. The summed E-state index contributed by atoms with van der Waals surface area (Å²) in [6.45, 7) is 2.99. The molecule has 0 N–H and O–H groups in total. The van der Waals surface area contributed by atoms with Crippen molar-refractivity contribution < 1.29 is 4.79 Å². The molecule has 0 spiro atoms. The van der Waals surface area contributed by atoms with E-state index in [2.05, 4.69) is 6.92 Å². The van der Waals surface area contributed by atoms with E-state index < -0.39 is 0 Å². The SMILES string of the molecule is CC[C@H]1CCCCN1C(=O)CSc1nc2c(c(=O)n1-c1ccccc1)SCC2. The van der Waals surface area contributed by atoms with Crippen molar-refractivity contribution in [2.45, 2.75) is 55.1 Å². The van der Waals surface area contributed by atoms with E-state index in [0.717, 1.165) is 54.3 Å². The molecule has 1 saturated heterocycles. The molecule has 1 aromatic carbocycles. The molecule has 1 fully saturated rings. The van der Waals surface area contributed by atoms with Crippen LogP contribution in [0.5, 0.6) is 0 Å². The number of aryl methyl sites for hydroxylation is 1. The number of hydrogen-bond donors (Lipinski definition) is 0. The maximum atomic E-state index is 13.1. The van der Waals surface area contributed by atoms with Gasteiger partial charge in [0.05, 0.1) is 22.0 Å². The Morgan fingerprint density at radius 3 is 2.89 bits per heavy atom. The van der Waals surface area contributed by atoms with Gasteiger partial charge in [0, 0.05) is 24.8 Å². The van der Waals surface area contributed by atoms with Gasteiger partial charge in [-0.05, 0) is 37.8 Å². The molecule has 148 valence electrons. The van der Waals surface area contributed by atoms with Crippen molar-refractivity contribution in [2.75, 3.05) is 18.1 Å². The van der Waals surface area contributed by atoms with Crippen LogP contribution < -0.4 is 5.56 Å². The minimum Gasteiger partial charge on any atom is -0.339 e. The van der Waals surface area contributed by atoms with E-state index in [1.165, 1.54) is 18.2 Å². The average Bonchev–Trinajstić information content (AvgIpc) is 3.21. The number of carbonyl (C=O) groups is 1. The number of piperidine rings is 1. The number of fused-ring (bicyclic) bond motifs is 1. The normalized spacial score (nSPS) is 18.9.